The van der Waals surface area contributed by atoms with E-state index < -0.39 is 17.5 Å². The largest absolute Gasteiger partial charge is 0.481 e. The number of carbonyl (C=O) groups excluding carboxylic acids is 1. The lowest BCUT2D eigenvalue weighted by molar-refractivity contribution is -0.148. The summed E-state index contributed by atoms with van der Waals surface area (Å²) in [5.74, 6) is -1.15. The van der Waals surface area contributed by atoms with Crippen LogP contribution in [0.5, 0.6) is 0 Å². The molecule has 1 amide bonds. The second-order valence-corrected chi connectivity index (χ2v) is 5.00. The summed E-state index contributed by atoms with van der Waals surface area (Å²) in [6.45, 7) is 3.93. The van der Waals surface area contributed by atoms with Gasteiger partial charge in [0, 0.05) is 13.1 Å². The summed E-state index contributed by atoms with van der Waals surface area (Å²) in [7, 11) is 0. The summed E-state index contributed by atoms with van der Waals surface area (Å²) >= 11 is 0. The summed E-state index contributed by atoms with van der Waals surface area (Å²) in [6.07, 6.45) is 1.33. The molecule has 0 saturated carbocycles. The molecule has 6 heteroatoms. The van der Waals surface area contributed by atoms with Crippen LogP contribution in [0, 0.1) is 5.41 Å². The van der Waals surface area contributed by atoms with Crippen LogP contribution in [-0.4, -0.2) is 42.3 Å². The van der Waals surface area contributed by atoms with Gasteiger partial charge in [0.2, 0.25) is 5.91 Å². The van der Waals surface area contributed by atoms with Crippen LogP contribution in [0.4, 0.5) is 0 Å². The van der Waals surface area contributed by atoms with Crippen molar-refractivity contribution in [2.45, 2.75) is 45.3 Å². The molecule has 0 radical (unpaired) electrons. The number of carbonyl (C=O) groups is 2. The molecule has 1 heterocycles. The number of nitrogens with one attached hydrogen (secondary N) is 1. The van der Waals surface area contributed by atoms with Gasteiger partial charge in [0.05, 0.1) is 11.5 Å². The Morgan fingerprint density at radius 3 is 2.61 bits per heavy atom. The Hall–Kier alpha value is -1.14. The number of carboxylic acids is 1. The van der Waals surface area contributed by atoms with Gasteiger partial charge in [-0.05, 0) is 26.2 Å². The van der Waals surface area contributed by atoms with E-state index in [-0.39, 0.29) is 18.6 Å². The Balaban J connectivity index is 2.44. The number of hydrogen-bond donors (Lipinski definition) is 3. The molecule has 1 saturated heterocycles. The summed E-state index contributed by atoms with van der Waals surface area (Å²) in [5, 5.41) is 11.7. The lowest BCUT2D eigenvalue weighted by Crippen LogP contribution is -2.44. The molecule has 3 unspecified atom stereocenters. The fourth-order valence-electron chi connectivity index (χ4n) is 1.82. The molecule has 0 aromatic rings. The van der Waals surface area contributed by atoms with Crippen LogP contribution in [0.25, 0.3) is 0 Å². The van der Waals surface area contributed by atoms with Crippen LogP contribution < -0.4 is 11.1 Å². The highest BCUT2D eigenvalue weighted by Crippen LogP contribution is 2.22. The summed E-state index contributed by atoms with van der Waals surface area (Å²) in [4.78, 5) is 22.9. The summed E-state index contributed by atoms with van der Waals surface area (Å²) < 4.78 is 5.45. The SMILES string of the molecule is CCC(C)(CNC(=O)C1CCC(CN)O1)C(=O)O. The molecule has 1 aliphatic heterocycles. The second-order valence-electron chi connectivity index (χ2n) is 5.00. The predicted molar refractivity (Wildman–Crippen MR) is 66.0 cm³/mol. The lowest BCUT2D eigenvalue weighted by atomic mass is 9.87. The first kappa shape index (κ1) is 14.9. The zero-order chi connectivity index (χ0) is 13.8. The molecule has 1 rings (SSSR count). The highest BCUT2D eigenvalue weighted by molar-refractivity contribution is 5.82. The number of hydrogen-bond acceptors (Lipinski definition) is 4. The average Bonchev–Trinajstić information content (AvgIpc) is 2.84. The fourth-order valence-corrected chi connectivity index (χ4v) is 1.82. The van der Waals surface area contributed by atoms with E-state index in [4.69, 9.17) is 15.6 Å². The van der Waals surface area contributed by atoms with Crippen molar-refractivity contribution in [3.63, 3.8) is 0 Å². The van der Waals surface area contributed by atoms with Crippen molar-refractivity contribution in [1.82, 2.24) is 5.32 Å². The molecule has 3 atom stereocenters. The van der Waals surface area contributed by atoms with Gasteiger partial charge in [-0.1, -0.05) is 6.92 Å². The third-order valence-electron chi connectivity index (χ3n) is 3.61. The van der Waals surface area contributed by atoms with E-state index in [2.05, 4.69) is 5.32 Å². The average molecular weight is 258 g/mol. The normalized spacial score (nSPS) is 26.6. The van der Waals surface area contributed by atoms with Crippen molar-refractivity contribution in [3.05, 3.63) is 0 Å². The molecule has 0 aliphatic carbocycles. The van der Waals surface area contributed by atoms with Gasteiger partial charge in [0.15, 0.2) is 0 Å². The maximum Gasteiger partial charge on any atom is 0.311 e. The Morgan fingerprint density at radius 1 is 1.50 bits per heavy atom. The zero-order valence-electron chi connectivity index (χ0n) is 10.9. The smallest absolute Gasteiger partial charge is 0.311 e. The maximum absolute atomic E-state index is 11.8. The molecule has 4 N–H and O–H groups in total. The quantitative estimate of drug-likeness (QED) is 0.627. The van der Waals surface area contributed by atoms with Crippen LogP contribution >= 0.6 is 0 Å². The predicted octanol–water partition coefficient (Wildman–Crippen LogP) is 0.110. The Bertz CT molecular complexity index is 321. The van der Waals surface area contributed by atoms with E-state index in [1.54, 1.807) is 13.8 Å². The van der Waals surface area contributed by atoms with E-state index in [0.717, 1.165) is 6.42 Å². The molecular formula is C12H22N2O4. The van der Waals surface area contributed by atoms with Crippen LogP contribution in [0.2, 0.25) is 0 Å². The Morgan fingerprint density at radius 2 is 2.17 bits per heavy atom. The minimum Gasteiger partial charge on any atom is -0.481 e. The number of carboxylic acid groups (broad SMARTS) is 1. The third-order valence-corrected chi connectivity index (χ3v) is 3.61. The van der Waals surface area contributed by atoms with E-state index >= 15 is 0 Å². The third kappa shape index (κ3) is 3.43. The fraction of sp³-hybridized carbons (Fsp3) is 0.833. The van der Waals surface area contributed by atoms with Crippen LogP contribution in [-0.2, 0) is 14.3 Å². The van der Waals surface area contributed by atoms with Crippen molar-refractivity contribution >= 4 is 11.9 Å². The standard InChI is InChI=1S/C12H22N2O4/c1-3-12(2,11(16)17)7-14-10(15)9-5-4-8(6-13)18-9/h8-9H,3-7,13H2,1-2H3,(H,14,15)(H,16,17). The molecule has 0 bridgehead atoms. The first-order valence-electron chi connectivity index (χ1n) is 6.29. The Labute approximate surface area is 107 Å². The van der Waals surface area contributed by atoms with Gasteiger partial charge in [-0.15, -0.1) is 0 Å². The number of aliphatic carboxylic acids is 1. The maximum atomic E-state index is 11.8. The Kier molecular flexibility index (Phi) is 5.10. The van der Waals surface area contributed by atoms with E-state index in [1.165, 1.54) is 0 Å². The van der Waals surface area contributed by atoms with E-state index in [1.807, 2.05) is 0 Å². The molecule has 1 fully saturated rings. The van der Waals surface area contributed by atoms with Crippen molar-refractivity contribution in [2.75, 3.05) is 13.1 Å². The van der Waals surface area contributed by atoms with Gasteiger partial charge in [-0.2, -0.15) is 0 Å². The van der Waals surface area contributed by atoms with Gasteiger partial charge in [-0.25, -0.2) is 0 Å². The monoisotopic (exact) mass is 258 g/mol. The first-order valence-corrected chi connectivity index (χ1v) is 6.29. The number of ether oxygens (including phenoxy) is 1. The first-order chi connectivity index (χ1) is 8.42. The van der Waals surface area contributed by atoms with Crippen LogP contribution in [0.3, 0.4) is 0 Å². The minimum absolute atomic E-state index is 0.0576. The molecule has 6 nitrogen and oxygen atoms in total. The van der Waals surface area contributed by atoms with Gasteiger partial charge < -0.3 is 20.9 Å². The van der Waals surface area contributed by atoms with Gasteiger partial charge in [0.1, 0.15) is 6.10 Å². The molecule has 18 heavy (non-hydrogen) atoms. The lowest BCUT2D eigenvalue weighted by Gasteiger charge is -2.24. The molecular weight excluding hydrogens is 236 g/mol. The highest BCUT2D eigenvalue weighted by atomic mass is 16.5. The molecule has 0 spiro atoms. The second kappa shape index (κ2) is 6.15. The minimum atomic E-state index is -0.929. The van der Waals surface area contributed by atoms with Gasteiger partial charge >= 0.3 is 5.97 Å². The van der Waals surface area contributed by atoms with Gasteiger partial charge in [-0.3, -0.25) is 9.59 Å². The highest BCUT2D eigenvalue weighted by Gasteiger charge is 2.34. The van der Waals surface area contributed by atoms with E-state index in [9.17, 15) is 9.59 Å². The molecule has 104 valence electrons. The summed E-state index contributed by atoms with van der Waals surface area (Å²) in [5.41, 5.74) is 4.54. The van der Waals surface area contributed by atoms with Crippen molar-refractivity contribution < 1.29 is 19.4 Å². The molecule has 0 aromatic heterocycles. The topological polar surface area (TPSA) is 102 Å². The number of nitrogens with two attached hydrogens (primary N) is 1. The zero-order valence-corrected chi connectivity index (χ0v) is 10.9. The van der Waals surface area contributed by atoms with Gasteiger partial charge in [0.25, 0.3) is 0 Å². The van der Waals surface area contributed by atoms with Crippen LogP contribution in [0.1, 0.15) is 33.1 Å². The van der Waals surface area contributed by atoms with E-state index in [0.29, 0.717) is 19.4 Å². The number of rotatable bonds is 6. The summed E-state index contributed by atoms with van der Waals surface area (Å²) in [6, 6.07) is 0. The number of amides is 1. The van der Waals surface area contributed by atoms with Crippen molar-refractivity contribution in [1.29, 1.82) is 0 Å². The van der Waals surface area contributed by atoms with Crippen molar-refractivity contribution in [3.8, 4) is 0 Å². The molecule has 0 aromatic carbocycles. The molecule has 1 aliphatic rings. The van der Waals surface area contributed by atoms with Crippen LogP contribution in [0.15, 0.2) is 0 Å². The van der Waals surface area contributed by atoms with Crippen molar-refractivity contribution in [2.24, 2.45) is 11.1 Å².